The van der Waals surface area contributed by atoms with Crippen LogP contribution in [0, 0.1) is 0 Å². The van der Waals surface area contributed by atoms with Crippen LogP contribution >= 0.6 is 11.8 Å². The van der Waals surface area contributed by atoms with E-state index in [2.05, 4.69) is 16.6 Å². The van der Waals surface area contributed by atoms with Gasteiger partial charge in [-0.1, -0.05) is 0 Å². The fraction of sp³-hybridized carbons (Fsp3) is 0.438. The number of aromatic nitrogens is 1. The molecular formula is C16H20N2O2S. The Bertz CT molecular complexity index is 656. The summed E-state index contributed by atoms with van der Waals surface area (Å²) in [5.41, 5.74) is 0. The van der Waals surface area contributed by atoms with Crippen LogP contribution < -0.4 is 14.8 Å². The minimum atomic E-state index is 0.403. The molecular weight excluding hydrogens is 284 g/mol. The Morgan fingerprint density at radius 2 is 1.95 bits per heavy atom. The van der Waals surface area contributed by atoms with Crippen LogP contribution in [0.4, 0.5) is 5.82 Å². The molecule has 21 heavy (non-hydrogen) atoms. The molecule has 3 rings (SSSR count). The van der Waals surface area contributed by atoms with Gasteiger partial charge in [-0.2, -0.15) is 11.8 Å². The van der Waals surface area contributed by atoms with Crippen LogP contribution in [0.3, 0.4) is 0 Å². The highest BCUT2D eigenvalue weighted by Crippen LogP contribution is 2.47. The van der Waals surface area contributed by atoms with E-state index in [1.807, 2.05) is 36.2 Å². The Balaban J connectivity index is 1.94. The highest BCUT2D eigenvalue weighted by Gasteiger charge is 2.41. The first-order chi connectivity index (χ1) is 10.2. The molecule has 1 aliphatic rings. The Kier molecular flexibility index (Phi) is 3.85. The normalized spacial score (nSPS) is 15.8. The van der Waals surface area contributed by atoms with E-state index in [0.717, 1.165) is 34.6 Å². The molecule has 5 heteroatoms. The van der Waals surface area contributed by atoms with Crippen molar-refractivity contribution in [1.82, 2.24) is 4.98 Å². The Hall–Kier alpha value is -1.62. The van der Waals surface area contributed by atoms with Crippen molar-refractivity contribution in [3.63, 3.8) is 0 Å². The Morgan fingerprint density at radius 1 is 1.24 bits per heavy atom. The number of benzene rings is 1. The lowest BCUT2D eigenvalue weighted by atomic mass is 10.1. The number of nitrogens with one attached hydrogen (secondary N) is 1. The van der Waals surface area contributed by atoms with Gasteiger partial charge in [0.15, 0.2) is 11.5 Å². The first-order valence-corrected chi connectivity index (χ1v) is 8.23. The fourth-order valence-corrected chi connectivity index (χ4v) is 3.20. The lowest BCUT2D eigenvalue weighted by molar-refractivity contribution is 0.356. The molecule has 0 atom stereocenters. The van der Waals surface area contributed by atoms with Crippen molar-refractivity contribution in [1.29, 1.82) is 0 Å². The maximum atomic E-state index is 5.39. The van der Waals surface area contributed by atoms with Gasteiger partial charge in [0.2, 0.25) is 0 Å². The number of ether oxygens (including phenoxy) is 2. The number of pyridine rings is 1. The van der Waals surface area contributed by atoms with E-state index in [0.29, 0.717) is 4.75 Å². The van der Waals surface area contributed by atoms with Crippen molar-refractivity contribution in [2.45, 2.75) is 17.6 Å². The van der Waals surface area contributed by atoms with Crippen LogP contribution in [0.25, 0.3) is 10.8 Å². The molecule has 0 aliphatic heterocycles. The number of methoxy groups -OCH3 is 2. The summed E-state index contributed by atoms with van der Waals surface area (Å²) in [6.07, 6.45) is 6.57. The third-order valence-electron chi connectivity index (χ3n) is 4.09. The lowest BCUT2D eigenvalue weighted by Gasteiger charge is -2.16. The van der Waals surface area contributed by atoms with Crippen LogP contribution in [0.1, 0.15) is 12.8 Å². The number of nitrogens with zero attached hydrogens (tertiary/aromatic N) is 1. The van der Waals surface area contributed by atoms with Gasteiger partial charge in [0.25, 0.3) is 0 Å². The highest BCUT2D eigenvalue weighted by molar-refractivity contribution is 8.00. The summed E-state index contributed by atoms with van der Waals surface area (Å²) in [6, 6.07) is 5.97. The van der Waals surface area contributed by atoms with E-state index in [1.54, 1.807) is 14.2 Å². The predicted octanol–water partition coefficient (Wildman–Crippen LogP) is 3.56. The van der Waals surface area contributed by atoms with Gasteiger partial charge in [0.05, 0.1) is 14.2 Å². The van der Waals surface area contributed by atoms with Gasteiger partial charge in [-0.05, 0) is 42.7 Å². The molecule has 1 aromatic carbocycles. The van der Waals surface area contributed by atoms with Crippen molar-refractivity contribution < 1.29 is 9.47 Å². The molecule has 2 aromatic rings. The zero-order valence-electron chi connectivity index (χ0n) is 12.6. The summed E-state index contributed by atoms with van der Waals surface area (Å²) in [4.78, 5) is 4.49. The monoisotopic (exact) mass is 304 g/mol. The van der Waals surface area contributed by atoms with E-state index in [9.17, 15) is 0 Å². The third-order valence-corrected chi connectivity index (χ3v) is 5.51. The minimum absolute atomic E-state index is 0.403. The van der Waals surface area contributed by atoms with Crippen LogP contribution in [-0.4, -0.2) is 36.8 Å². The molecule has 4 nitrogen and oxygen atoms in total. The fourth-order valence-electron chi connectivity index (χ4n) is 2.48. The molecule has 0 spiro atoms. The molecule has 1 heterocycles. The second-order valence-electron chi connectivity index (χ2n) is 5.33. The van der Waals surface area contributed by atoms with Gasteiger partial charge in [0.1, 0.15) is 5.82 Å². The van der Waals surface area contributed by atoms with Gasteiger partial charge < -0.3 is 14.8 Å². The van der Waals surface area contributed by atoms with Crippen molar-refractivity contribution in [2.24, 2.45) is 0 Å². The van der Waals surface area contributed by atoms with Gasteiger partial charge in [-0.15, -0.1) is 0 Å². The zero-order valence-corrected chi connectivity index (χ0v) is 13.4. The van der Waals surface area contributed by atoms with E-state index in [-0.39, 0.29) is 0 Å². The largest absolute Gasteiger partial charge is 0.493 e. The number of thioether (sulfide) groups is 1. The molecule has 0 bridgehead atoms. The second kappa shape index (κ2) is 5.64. The third kappa shape index (κ3) is 2.75. The molecule has 1 N–H and O–H groups in total. The number of hydrogen-bond acceptors (Lipinski definition) is 5. The molecule has 0 radical (unpaired) electrons. The summed E-state index contributed by atoms with van der Waals surface area (Å²) in [6.45, 7) is 0.953. The van der Waals surface area contributed by atoms with Crippen LogP contribution in [0.5, 0.6) is 11.5 Å². The number of fused-ring (bicyclic) bond motifs is 1. The molecule has 1 aliphatic carbocycles. The maximum absolute atomic E-state index is 5.39. The number of rotatable bonds is 6. The quantitative estimate of drug-likeness (QED) is 0.884. The van der Waals surface area contributed by atoms with Gasteiger partial charge in [0, 0.05) is 22.9 Å². The molecule has 0 amide bonds. The number of hydrogen-bond donors (Lipinski definition) is 1. The first kappa shape index (κ1) is 14.3. The van der Waals surface area contributed by atoms with Crippen LogP contribution in [0.15, 0.2) is 24.4 Å². The summed E-state index contributed by atoms with van der Waals surface area (Å²) in [5.74, 6) is 2.38. The molecule has 0 unspecified atom stereocenters. The first-order valence-electron chi connectivity index (χ1n) is 7.01. The SMILES string of the molecule is COc1cc2ccnc(NCC3(SC)CC3)c2cc1OC. The van der Waals surface area contributed by atoms with E-state index >= 15 is 0 Å². The average molecular weight is 304 g/mol. The Labute approximate surface area is 129 Å². The molecule has 1 aromatic heterocycles. The van der Waals surface area contributed by atoms with Gasteiger partial charge >= 0.3 is 0 Å². The lowest BCUT2D eigenvalue weighted by Crippen LogP contribution is -2.18. The predicted molar refractivity (Wildman–Crippen MR) is 88.8 cm³/mol. The average Bonchev–Trinajstić information content (AvgIpc) is 3.32. The molecule has 1 saturated carbocycles. The van der Waals surface area contributed by atoms with Gasteiger partial charge in [-0.25, -0.2) is 4.98 Å². The molecule has 112 valence electrons. The minimum Gasteiger partial charge on any atom is -0.493 e. The van der Waals surface area contributed by atoms with Crippen LogP contribution in [-0.2, 0) is 0 Å². The number of anilines is 1. The van der Waals surface area contributed by atoms with Crippen LogP contribution in [0.2, 0.25) is 0 Å². The van der Waals surface area contributed by atoms with E-state index in [4.69, 9.17) is 9.47 Å². The summed E-state index contributed by atoms with van der Waals surface area (Å²) >= 11 is 1.94. The summed E-state index contributed by atoms with van der Waals surface area (Å²) in [5, 5.41) is 5.66. The smallest absolute Gasteiger partial charge is 0.161 e. The Morgan fingerprint density at radius 3 is 2.57 bits per heavy atom. The topological polar surface area (TPSA) is 43.4 Å². The second-order valence-corrected chi connectivity index (χ2v) is 6.60. The van der Waals surface area contributed by atoms with Crippen molar-refractivity contribution in [3.05, 3.63) is 24.4 Å². The molecule has 0 saturated heterocycles. The zero-order chi connectivity index (χ0) is 14.9. The highest BCUT2D eigenvalue weighted by atomic mass is 32.2. The van der Waals surface area contributed by atoms with Crippen molar-refractivity contribution in [2.75, 3.05) is 32.3 Å². The van der Waals surface area contributed by atoms with Gasteiger partial charge in [-0.3, -0.25) is 0 Å². The standard InChI is InChI=1S/C16H20N2O2S/c1-19-13-8-11-4-7-17-15(12(11)9-14(13)20-2)18-10-16(21-3)5-6-16/h4,7-9H,5-6,10H2,1-3H3,(H,17,18). The van der Waals surface area contributed by atoms with Crippen molar-refractivity contribution in [3.8, 4) is 11.5 Å². The van der Waals surface area contributed by atoms with E-state index < -0.39 is 0 Å². The van der Waals surface area contributed by atoms with Crippen molar-refractivity contribution >= 4 is 28.4 Å². The maximum Gasteiger partial charge on any atom is 0.161 e. The molecule has 1 fully saturated rings. The van der Waals surface area contributed by atoms with E-state index in [1.165, 1.54) is 12.8 Å². The summed E-state index contributed by atoms with van der Waals surface area (Å²) < 4.78 is 11.2. The summed E-state index contributed by atoms with van der Waals surface area (Å²) in [7, 11) is 3.30.